The molecule has 0 spiro atoms. The van der Waals surface area contributed by atoms with Gasteiger partial charge in [0.25, 0.3) is 0 Å². The molecule has 2 aromatic rings. The smallest absolute Gasteiger partial charge is 0.227 e. The van der Waals surface area contributed by atoms with Gasteiger partial charge in [0.1, 0.15) is 0 Å². The maximum atomic E-state index is 12.7. The molecule has 0 aliphatic carbocycles. The van der Waals surface area contributed by atoms with Gasteiger partial charge < -0.3 is 15.4 Å². The first kappa shape index (κ1) is 18.7. The summed E-state index contributed by atoms with van der Waals surface area (Å²) in [6, 6.07) is 14.3. The normalized spacial score (nSPS) is 20.2. The Kier molecular flexibility index (Phi) is 6.60. The Bertz CT molecular complexity index is 687. The highest BCUT2D eigenvalue weighted by Gasteiger charge is 2.34. The van der Waals surface area contributed by atoms with Crippen molar-refractivity contribution in [1.82, 2.24) is 4.90 Å². The summed E-state index contributed by atoms with van der Waals surface area (Å²) in [5, 5.41) is 2.32. The van der Waals surface area contributed by atoms with E-state index in [0.717, 1.165) is 10.9 Å². The SMILES string of the molecule is CCOC1CN(C(=O)Cc2cccc3ccccc23)CC1CN.Cl. The van der Waals surface area contributed by atoms with E-state index in [9.17, 15) is 4.79 Å². The highest BCUT2D eigenvalue weighted by atomic mass is 35.5. The van der Waals surface area contributed by atoms with E-state index in [1.54, 1.807) is 0 Å². The second-order valence-electron chi connectivity index (χ2n) is 6.10. The summed E-state index contributed by atoms with van der Waals surface area (Å²) in [5.41, 5.74) is 6.91. The third-order valence-electron chi connectivity index (χ3n) is 4.64. The maximum absolute atomic E-state index is 12.7. The number of hydrogen-bond acceptors (Lipinski definition) is 3. The molecule has 3 rings (SSSR count). The predicted molar refractivity (Wildman–Crippen MR) is 99.4 cm³/mol. The average molecular weight is 349 g/mol. The first-order chi connectivity index (χ1) is 11.2. The number of likely N-dealkylation sites (tertiary alicyclic amines) is 1. The quantitative estimate of drug-likeness (QED) is 0.903. The van der Waals surface area contributed by atoms with Crippen LogP contribution in [0, 0.1) is 5.92 Å². The number of amides is 1. The molecule has 1 saturated heterocycles. The number of ether oxygens (including phenoxy) is 1. The lowest BCUT2D eigenvalue weighted by atomic mass is 10.0. The highest BCUT2D eigenvalue weighted by molar-refractivity contribution is 5.90. The molecule has 1 heterocycles. The molecular weight excluding hydrogens is 324 g/mol. The molecule has 1 aliphatic rings. The van der Waals surface area contributed by atoms with Crippen LogP contribution in [-0.2, 0) is 16.0 Å². The Labute approximate surface area is 149 Å². The van der Waals surface area contributed by atoms with Crippen LogP contribution in [0.5, 0.6) is 0 Å². The molecule has 0 radical (unpaired) electrons. The molecule has 1 amide bonds. The van der Waals surface area contributed by atoms with Crippen LogP contribution >= 0.6 is 12.4 Å². The fraction of sp³-hybridized carbons (Fsp3) is 0.421. The Morgan fingerprint density at radius 2 is 1.96 bits per heavy atom. The largest absolute Gasteiger partial charge is 0.376 e. The maximum Gasteiger partial charge on any atom is 0.227 e. The van der Waals surface area contributed by atoms with Gasteiger partial charge in [0.15, 0.2) is 0 Å². The Hall–Kier alpha value is -1.62. The lowest BCUT2D eigenvalue weighted by molar-refractivity contribution is -0.129. The van der Waals surface area contributed by atoms with Crippen molar-refractivity contribution in [3.05, 3.63) is 48.0 Å². The van der Waals surface area contributed by atoms with Gasteiger partial charge in [0, 0.05) is 25.6 Å². The van der Waals surface area contributed by atoms with Crippen LogP contribution in [0.4, 0.5) is 0 Å². The van der Waals surface area contributed by atoms with Gasteiger partial charge in [-0.15, -0.1) is 12.4 Å². The van der Waals surface area contributed by atoms with Gasteiger partial charge in [0.2, 0.25) is 5.91 Å². The van der Waals surface area contributed by atoms with Crippen LogP contribution in [0.2, 0.25) is 0 Å². The average Bonchev–Trinajstić information content (AvgIpc) is 2.99. The van der Waals surface area contributed by atoms with Crippen molar-refractivity contribution >= 4 is 29.1 Å². The van der Waals surface area contributed by atoms with Crippen molar-refractivity contribution in [3.8, 4) is 0 Å². The fourth-order valence-electron chi connectivity index (χ4n) is 3.40. The molecule has 130 valence electrons. The van der Waals surface area contributed by atoms with Gasteiger partial charge in [-0.2, -0.15) is 0 Å². The molecule has 2 aromatic carbocycles. The van der Waals surface area contributed by atoms with E-state index in [-0.39, 0.29) is 30.3 Å². The number of carbonyl (C=O) groups is 1. The summed E-state index contributed by atoms with van der Waals surface area (Å²) in [7, 11) is 0. The lowest BCUT2D eigenvalue weighted by Gasteiger charge is -2.17. The summed E-state index contributed by atoms with van der Waals surface area (Å²) in [4.78, 5) is 14.6. The van der Waals surface area contributed by atoms with Crippen molar-refractivity contribution < 1.29 is 9.53 Å². The minimum atomic E-state index is 0. The number of benzene rings is 2. The van der Waals surface area contributed by atoms with Crippen LogP contribution in [0.3, 0.4) is 0 Å². The van der Waals surface area contributed by atoms with Gasteiger partial charge in [-0.25, -0.2) is 0 Å². The zero-order chi connectivity index (χ0) is 16.2. The van der Waals surface area contributed by atoms with Gasteiger partial charge in [-0.1, -0.05) is 42.5 Å². The predicted octanol–water partition coefficient (Wildman–Crippen LogP) is 2.63. The topological polar surface area (TPSA) is 55.6 Å². The highest BCUT2D eigenvalue weighted by Crippen LogP contribution is 2.23. The fourth-order valence-corrected chi connectivity index (χ4v) is 3.40. The minimum absolute atomic E-state index is 0. The molecule has 4 nitrogen and oxygen atoms in total. The van der Waals surface area contributed by atoms with E-state index in [4.69, 9.17) is 10.5 Å². The minimum Gasteiger partial charge on any atom is -0.376 e. The molecule has 0 bridgehead atoms. The number of hydrogen-bond donors (Lipinski definition) is 1. The van der Waals surface area contributed by atoms with Gasteiger partial charge >= 0.3 is 0 Å². The van der Waals surface area contributed by atoms with E-state index in [1.807, 2.05) is 36.1 Å². The molecule has 2 N–H and O–H groups in total. The van der Waals surface area contributed by atoms with Crippen LogP contribution < -0.4 is 5.73 Å². The molecule has 0 saturated carbocycles. The molecule has 2 atom stereocenters. The van der Waals surface area contributed by atoms with Crippen LogP contribution in [-0.4, -0.2) is 43.2 Å². The van der Waals surface area contributed by atoms with Crippen molar-refractivity contribution in [2.24, 2.45) is 11.7 Å². The second kappa shape index (κ2) is 8.47. The Morgan fingerprint density at radius 3 is 2.71 bits per heavy atom. The van der Waals surface area contributed by atoms with E-state index in [2.05, 4.69) is 18.2 Å². The summed E-state index contributed by atoms with van der Waals surface area (Å²) >= 11 is 0. The van der Waals surface area contributed by atoms with Gasteiger partial charge in [0.05, 0.1) is 12.5 Å². The number of rotatable bonds is 5. The molecule has 1 fully saturated rings. The van der Waals surface area contributed by atoms with Crippen LogP contribution in [0.25, 0.3) is 10.8 Å². The van der Waals surface area contributed by atoms with Crippen molar-refractivity contribution in [3.63, 3.8) is 0 Å². The second-order valence-corrected chi connectivity index (χ2v) is 6.10. The summed E-state index contributed by atoms with van der Waals surface area (Å²) in [6.07, 6.45) is 0.499. The monoisotopic (exact) mass is 348 g/mol. The van der Waals surface area contributed by atoms with E-state index in [1.165, 1.54) is 5.39 Å². The molecule has 5 heteroatoms. The summed E-state index contributed by atoms with van der Waals surface area (Å²) in [5.74, 6) is 0.397. The van der Waals surface area contributed by atoms with E-state index >= 15 is 0 Å². The van der Waals surface area contributed by atoms with Crippen LogP contribution in [0.15, 0.2) is 42.5 Å². The van der Waals surface area contributed by atoms with E-state index < -0.39 is 0 Å². The lowest BCUT2D eigenvalue weighted by Crippen LogP contribution is -2.31. The zero-order valence-corrected chi connectivity index (χ0v) is 14.8. The molecule has 2 unspecified atom stereocenters. The number of halogens is 1. The Balaban J connectivity index is 0.00000208. The van der Waals surface area contributed by atoms with Gasteiger partial charge in [-0.3, -0.25) is 4.79 Å². The summed E-state index contributed by atoms with van der Waals surface area (Å²) < 4.78 is 5.73. The first-order valence-corrected chi connectivity index (χ1v) is 8.29. The molecule has 24 heavy (non-hydrogen) atoms. The summed E-state index contributed by atoms with van der Waals surface area (Å²) in [6.45, 7) is 4.55. The third-order valence-corrected chi connectivity index (χ3v) is 4.64. The first-order valence-electron chi connectivity index (χ1n) is 8.29. The standard InChI is InChI=1S/C19H24N2O2.ClH/c1-2-23-18-13-21(12-16(18)11-20)19(22)10-15-8-5-7-14-6-3-4-9-17(14)15;/h3-9,16,18H,2,10-13,20H2,1H3;1H. The van der Waals surface area contributed by atoms with E-state index in [0.29, 0.717) is 32.7 Å². The molecular formula is C19H25ClN2O2. The zero-order valence-electron chi connectivity index (χ0n) is 14.0. The number of nitrogens with two attached hydrogens (primary N) is 1. The number of nitrogens with zero attached hydrogens (tertiary/aromatic N) is 1. The Morgan fingerprint density at radius 1 is 1.21 bits per heavy atom. The van der Waals surface area contributed by atoms with Crippen molar-refractivity contribution in [1.29, 1.82) is 0 Å². The number of carbonyl (C=O) groups excluding carboxylic acids is 1. The number of fused-ring (bicyclic) bond motifs is 1. The van der Waals surface area contributed by atoms with Gasteiger partial charge in [-0.05, 0) is 29.8 Å². The van der Waals surface area contributed by atoms with Crippen molar-refractivity contribution in [2.45, 2.75) is 19.4 Å². The third kappa shape index (κ3) is 3.89. The molecule has 0 aromatic heterocycles. The molecule has 1 aliphatic heterocycles. The van der Waals surface area contributed by atoms with Crippen molar-refractivity contribution in [2.75, 3.05) is 26.2 Å². The van der Waals surface area contributed by atoms with Crippen LogP contribution in [0.1, 0.15) is 12.5 Å².